The smallest absolute Gasteiger partial charge is 0.240 e. The number of rotatable bonds is 11. The summed E-state index contributed by atoms with van der Waals surface area (Å²) in [6.07, 6.45) is 2.58. The fourth-order valence-corrected chi connectivity index (χ4v) is 3.48. The summed E-state index contributed by atoms with van der Waals surface area (Å²) >= 11 is 0. The first-order valence-corrected chi connectivity index (χ1v) is 11.0. The number of benzene rings is 1. The lowest BCUT2D eigenvalue weighted by molar-refractivity contribution is 0.115. The third-order valence-electron chi connectivity index (χ3n) is 4.31. The zero-order chi connectivity index (χ0) is 19.7. The number of sulfonamides is 1. The molecule has 0 heterocycles. The molecule has 8 heteroatoms. The molecule has 27 heavy (non-hydrogen) atoms. The molecule has 1 fully saturated rings. The molecule has 0 unspecified atom stereocenters. The maximum Gasteiger partial charge on any atom is 0.240 e. The van der Waals surface area contributed by atoms with Crippen LogP contribution in [0.5, 0.6) is 0 Å². The van der Waals surface area contributed by atoms with Crippen LogP contribution in [0.25, 0.3) is 0 Å². The molecule has 0 atom stereocenters. The Morgan fingerprint density at radius 1 is 1.30 bits per heavy atom. The highest BCUT2D eigenvalue weighted by Crippen LogP contribution is 2.28. The number of nitrogens with one attached hydrogen (secondary N) is 2. The van der Waals surface area contributed by atoms with Gasteiger partial charge in [0.1, 0.15) is 0 Å². The third-order valence-corrected chi connectivity index (χ3v) is 5.79. The van der Waals surface area contributed by atoms with Crippen molar-refractivity contribution in [1.29, 1.82) is 0 Å². The summed E-state index contributed by atoms with van der Waals surface area (Å²) in [7, 11) is -1.54. The summed E-state index contributed by atoms with van der Waals surface area (Å²) in [4.78, 5) is 6.78. The van der Waals surface area contributed by atoms with Crippen LogP contribution in [-0.4, -0.2) is 65.7 Å². The molecular weight excluding hydrogens is 364 g/mol. The number of nitrogens with zero attached hydrogens (tertiary/aromatic N) is 2. The van der Waals surface area contributed by atoms with Gasteiger partial charge in [0.05, 0.1) is 18.0 Å². The van der Waals surface area contributed by atoms with E-state index in [2.05, 4.69) is 15.0 Å². The van der Waals surface area contributed by atoms with E-state index in [-0.39, 0.29) is 11.4 Å². The van der Waals surface area contributed by atoms with E-state index in [1.165, 1.54) is 12.8 Å². The van der Waals surface area contributed by atoms with Gasteiger partial charge in [0, 0.05) is 33.3 Å². The van der Waals surface area contributed by atoms with Gasteiger partial charge >= 0.3 is 0 Å². The Morgan fingerprint density at radius 3 is 2.63 bits per heavy atom. The highest BCUT2D eigenvalue weighted by molar-refractivity contribution is 7.89. The van der Waals surface area contributed by atoms with Gasteiger partial charge in [-0.05, 0) is 44.7 Å². The van der Waals surface area contributed by atoms with Gasteiger partial charge in [-0.25, -0.2) is 13.1 Å². The number of likely N-dealkylation sites (N-methyl/N-ethyl adjacent to an activating group) is 1. The fraction of sp³-hybridized carbons (Fsp3) is 0.632. The topological polar surface area (TPSA) is 83.0 Å². The van der Waals surface area contributed by atoms with Crippen LogP contribution in [0.1, 0.15) is 25.3 Å². The molecule has 7 nitrogen and oxygen atoms in total. The lowest BCUT2D eigenvalue weighted by atomic mass is 10.2. The molecule has 0 aliphatic heterocycles. The van der Waals surface area contributed by atoms with Crippen LogP contribution in [0.15, 0.2) is 34.2 Å². The second kappa shape index (κ2) is 10.6. The quantitative estimate of drug-likeness (QED) is 0.337. The van der Waals surface area contributed by atoms with Gasteiger partial charge in [-0.3, -0.25) is 4.99 Å². The van der Waals surface area contributed by atoms with E-state index in [0.29, 0.717) is 13.2 Å². The maximum atomic E-state index is 12.3. The number of hydrogen-bond donors (Lipinski definition) is 2. The average Bonchev–Trinajstić information content (AvgIpc) is 3.46. The minimum absolute atomic E-state index is 0.247. The lowest BCUT2D eigenvalue weighted by Crippen LogP contribution is -2.41. The second-order valence-electron chi connectivity index (χ2n) is 6.89. The van der Waals surface area contributed by atoms with Crippen LogP contribution in [0.4, 0.5) is 0 Å². The predicted molar refractivity (Wildman–Crippen MR) is 109 cm³/mol. The number of aliphatic imine (C=N–C) groups is 1. The Morgan fingerprint density at radius 2 is 2.00 bits per heavy atom. The van der Waals surface area contributed by atoms with E-state index < -0.39 is 10.0 Å². The average molecular weight is 397 g/mol. The number of ether oxygens (including phenoxy) is 1. The molecular formula is C19H32N4O3S. The Balaban J connectivity index is 1.78. The summed E-state index contributed by atoms with van der Waals surface area (Å²) in [6.45, 7) is 7.55. The Labute approximate surface area is 163 Å². The van der Waals surface area contributed by atoms with Crippen molar-refractivity contribution in [1.82, 2.24) is 14.9 Å². The van der Waals surface area contributed by atoms with Crippen LogP contribution in [0, 0.1) is 12.8 Å². The third kappa shape index (κ3) is 7.86. The van der Waals surface area contributed by atoms with Crippen molar-refractivity contribution in [2.45, 2.75) is 31.6 Å². The van der Waals surface area contributed by atoms with Crippen molar-refractivity contribution in [3.63, 3.8) is 0 Å². The van der Waals surface area contributed by atoms with Gasteiger partial charge in [-0.2, -0.15) is 0 Å². The van der Waals surface area contributed by atoms with E-state index in [1.54, 1.807) is 24.3 Å². The van der Waals surface area contributed by atoms with Crippen LogP contribution in [-0.2, 0) is 14.8 Å². The van der Waals surface area contributed by atoms with Crippen molar-refractivity contribution in [3.05, 3.63) is 29.8 Å². The number of aryl methyl sites for hydroxylation is 1. The molecule has 1 aromatic rings. The van der Waals surface area contributed by atoms with Gasteiger partial charge in [0.25, 0.3) is 0 Å². The predicted octanol–water partition coefficient (Wildman–Crippen LogP) is 1.60. The van der Waals surface area contributed by atoms with E-state index in [4.69, 9.17) is 4.74 Å². The molecule has 2 N–H and O–H groups in total. The van der Waals surface area contributed by atoms with Crippen LogP contribution >= 0.6 is 0 Å². The van der Waals surface area contributed by atoms with Crippen molar-refractivity contribution in [2.24, 2.45) is 10.9 Å². The van der Waals surface area contributed by atoms with Crippen molar-refractivity contribution in [3.8, 4) is 0 Å². The van der Waals surface area contributed by atoms with Crippen molar-refractivity contribution < 1.29 is 13.2 Å². The van der Waals surface area contributed by atoms with E-state index in [1.807, 2.05) is 25.8 Å². The Kier molecular flexibility index (Phi) is 8.53. The normalized spacial score (nSPS) is 15.0. The molecule has 2 rings (SSSR count). The molecule has 0 bridgehead atoms. The molecule has 1 aromatic carbocycles. The van der Waals surface area contributed by atoms with Crippen LogP contribution in [0.2, 0.25) is 0 Å². The summed E-state index contributed by atoms with van der Waals surface area (Å²) in [5.41, 5.74) is 1.03. The van der Waals surface area contributed by atoms with Crippen LogP contribution < -0.4 is 10.0 Å². The van der Waals surface area contributed by atoms with Gasteiger partial charge in [-0.1, -0.05) is 17.7 Å². The summed E-state index contributed by atoms with van der Waals surface area (Å²) in [5.74, 6) is 1.51. The Bertz CT molecular complexity index is 700. The number of guanidine groups is 1. The van der Waals surface area contributed by atoms with Crippen molar-refractivity contribution >= 4 is 16.0 Å². The summed E-state index contributed by atoms with van der Waals surface area (Å²) < 4.78 is 32.8. The fourth-order valence-electron chi connectivity index (χ4n) is 2.45. The van der Waals surface area contributed by atoms with E-state index in [0.717, 1.165) is 37.1 Å². The minimum atomic E-state index is -3.50. The maximum absolute atomic E-state index is 12.3. The molecule has 0 amide bonds. The zero-order valence-electron chi connectivity index (χ0n) is 16.6. The molecule has 0 aromatic heterocycles. The van der Waals surface area contributed by atoms with Gasteiger partial charge < -0.3 is 15.0 Å². The standard InChI is InChI=1S/C19H32N4O3S/c1-4-20-19(23(3)13-14-26-15-17-7-8-17)21-11-12-22-27(24,25)18-9-5-16(2)6-10-18/h5-6,9-10,17,22H,4,7-8,11-15H2,1-3H3,(H,20,21). The SMILES string of the molecule is CCNC(=NCCNS(=O)(=O)c1ccc(C)cc1)N(C)CCOCC1CC1. The molecule has 1 saturated carbocycles. The first kappa shape index (κ1) is 21.7. The van der Waals surface area contributed by atoms with Gasteiger partial charge in [0.15, 0.2) is 5.96 Å². The molecule has 1 aliphatic rings. The highest BCUT2D eigenvalue weighted by Gasteiger charge is 2.21. The minimum Gasteiger partial charge on any atom is -0.379 e. The van der Waals surface area contributed by atoms with Crippen molar-refractivity contribution in [2.75, 3.05) is 46.4 Å². The molecule has 0 radical (unpaired) electrons. The zero-order valence-corrected chi connectivity index (χ0v) is 17.4. The number of hydrogen-bond acceptors (Lipinski definition) is 4. The monoisotopic (exact) mass is 396 g/mol. The summed E-state index contributed by atoms with van der Waals surface area (Å²) in [5, 5.41) is 3.22. The first-order valence-electron chi connectivity index (χ1n) is 9.56. The highest BCUT2D eigenvalue weighted by atomic mass is 32.2. The molecule has 152 valence electrons. The van der Waals surface area contributed by atoms with Gasteiger partial charge in [-0.15, -0.1) is 0 Å². The largest absolute Gasteiger partial charge is 0.379 e. The van der Waals surface area contributed by atoms with E-state index >= 15 is 0 Å². The van der Waals surface area contributed by atoms with E-state index in [9.17, 15) is 8.42 Å². The summed E-state index contributed by atoms with van der Waals surface area (Å²) in [6, 6.07) is 6.80. The molecule has 1 aliphatic carbocycles. The van der Waals surface area contributed by atoms with Crippen LogP contribution in [0.3, 0.4) is 0 Å². The second-order valence-corrected chi connectivity index (χ2v) is 8.65. The molecule has 0 saturated heterocycles. The first-order chi connectivity index (χ1) is 12.9. The van der Waals surface area contributed by atoms with Gasteiger partial charge in [0.2, 0.25) is 10.0 Å². The molecule has 0 spiro atoms. The Hall–Kier alpha value is -1.64. The lowest BCUT2D eigenvalue weighted by Gasteiger charge is -2.22.